The van der Waals surface area contributed by atoms with Crippen LogP contribution in [0.3, 0.4) is 0 Å². The standard InChI is InChI=1S/C21H17N7O/c1-14(19-23-21(29-27-19)16-10-6-3-7-11-16)22-17-12-13-18-24-25-20(28(18)26-17)15-8-4-2-5-9-15/h2-14H,1H3,(H,22,26). The smallest absolute Gasteiger partial charge is 0.257 e. The molecule has 0 fully saturated rings. The summed E-state index contributed by atoms with van der Waals surface area (Å²) in [5.74, 6) is 2.39. The topological polar surface area (TPSA) is 94.0 Å². The Hall–Kier alpha value is -4.07. The Morgan fingerprint density at radius 3 is 2.34 bits per heavy atom. The van der Waals surface area contributed by atoms with Gasteiger partial charge in [0.25, 0.3) is 5.89 Å². The molecule has 8 nitrogen and oxygen atoms in total. The molecule has 5 aromatic rings. The summed E-state index contributed by atoms with van der Waals surface area (Å²) in [4.78, 5) is 4.49. The number of aromatic nitrogens is 6. The van der Waals surface area contributed by atoms with Crippen molar-refractivity contribution in [3.63, 3.8) is 0 Å². The molecule has 142 valence electrons. The van der Waals surface area contributed by atoms with Crippen LogP contribution in [0.5, 0.6) is 0 Å². The molecule has 0 saturated carbocycles. The fourth-order valence-electron chi connectivity index (χ4n) is 3.03. The zero-order chi connectivity index (χ0) is 19.6. The van der Waals surface area contributed by atoms with Gasteiger partial charge in [-0.1, -0.05) is 53.7 Å². The van der Waals surface area contributed by atoms with Gasteiger partial charge in [-0.15, -0.1) is 15.3 Å². The molecular weight excluding hydrogens is 366 g/mol. The van der Waals surface area contributed by atoms with Crippen molar-refractivity contribution in [3.05, 3.63) is 78.6 Å². The molecule has 0 radical (unpaired) electrons. The first kappa shape index (κ1) is 17.1. The van der Waals surface area contributed by atoms with Gasteiger partial charge in [0.1, 0.15) is 5.82 Å². The second-order valence-corrected chi connectivity index (χ2v) is 6.57. The van der Waals surface area contributed by atoms with E-state index in [1.165, 1.54) is 0 Å². The molecule has 0 saturated heterocycles. The molecule has 5 rings (SSSR count). The molecule has 1 atom stereocenters. The highest BCUT2D eigenvalue weighted by Crippen LogP contribution is 2.22. The molecule has 0 bridgehead atoms. The van der Waals surface area contributed by atoms with Crippen LogP contribution in [-0.4, -0.2) is 30.0 Å². The highest BCUT2D eigenvalue weighted by Gasteiger charge is 2.16. The zero-order valence-electron chi connectivity index (χ0n) is 15.6. The van der Waals surface area contributed by atoms with Crippen LogP contribution in [0.1, 0.15) is 18.8 Å². The lowest BCUT2D eigenvalue weighted by Gasteiger charge is -2.10. The van der Waals surface area contributed by atoms with E-state index in [1.54, 1.807) is 4.52 Å². The summed E-state index contributed by atoms with van der Waals surface area (Å²) < 4.78 is 7.12. The Balaban J connectivity index is 1.41. The third kappa shape index (κ3) is 3.31. The maximum absolute atomic E-state index is 5.40. The molecule has 29 heavy (non-hydrogen) atoms. The third-order valence-electron chi connectivity index (χ3n) is 4.51. The van der Waals surface area contributed by atoms with Crippen LogP contribution in [0.15, 0.2) is 77.3 Å². The summed E-state index contributed by atoms with van der Waals surface area (Å²) in [6.45, 7) is 1.95. The highest BCUT2D eigenvalue weighted by molar-refractivity contribution is 5.59. The molecule has 8 heteroatoms. The SMILES string of the molecule is CC(Nc1ccc2nnc(-c3ccccc3)n2n1)c1noc(-c2ccccc2)n1. The van der Waals surface area contributed by atoms with Gasteiger partial charge in [0.15, 0.2) is 17.3 Å². The molecule has 0 spiro atoms. The highest BCUT2D eigenvalue weighted by atomic mass is 16.5. The number of anilines is 1. The molecule has 1 unspecified atom stereocenters. The zero-order valence-corrected chi connectivity index (χ0v) is 15.6. The fraction of sp³-hybridized carbons (Fsp3) is 0.0952. The van der Waals surface area contributed by atoms with Gasteiger partial charge in [0.05, 0.1) is 6.04 Å². The Morgan fingerprint density at radius 1 is 0.862 bits per heavy atom. The second kappa shape index (κ2) is 7.16. The lowest BCUT2D eigenvalue weighted by atomic mass is 10.2. The van der Waals surface area contributed by atoms with E-state index >= 15 is 0 Å². The van der Waals surface area contributed by atoms with Crippen LogP contribution < -0.4 is 5.32 Å². The number of benzene rings is 2. The second-order valence-electron chi connectivity index (χ2n) is 6.57. The summed E-state index contributed by atoms with van der Waals surface area (Å²) in [6, 6.07) is 23.0. The largest absolute Gasteiger partial charge is 0.359 e. The number of nitrogens with one attached hydrogen (secondary N) is 1. The van der Waals surface area contributed by atoms with E-state index in [0.717, 1.165) is 11.1 Å². The lowest BCUT2D eigenvalue weighted by Crippen LogP contribution is -2.11. The Kier molecular flexibility index (Phi) is 4.21. The first-order valence-corrected chi connectivity index (χ1v) is 9.21. The molecule has 3 heterocycles. The number of hydrogen-bond donors (Lipinski definition) is 1. The molecule has 0 aliphatic carbocycles. The molecule has 2 aromatic carbocycles. The van der Waals surface area contributed by atoms with Crippen molar-refractivity contribution in [2.45, 2.75) is 13.0 Å². The summed E-state index contributed by atoms with van der Waals surface area (Å²) in [7, 11) is 0. The molecule has 3 aromatic heterocycles. The maximum atomic E-state index is 5.40. The fourth-order valence-corrected chi connectivity index (χ4v) is 3.03. The minimum Gasteiger partial charge on any atom is -0.359 e. The van der Waals surface area contributed by atoms with Crippen LogP contribution in [-0.2, 0) is 0 Å². The van der Waals surface area contributed by atoms with Crippen molar-refractivity contribution in [1.82, 2.24) is 30.0 Å². The van der Waals surface area contributed by atoms with E-state index in [0.29, 0.717) is 29.0 Å². The first-order valence-electron chi connectivity index (χ1n) is 9.21. The van der Waals surface area contributed by atoms with E-state index in [-0.39, 0.29) is 6.04 Å². The molecule has 0 amide bonds. The van der Waals surface area contributed by atoms with Gasteiger partial charge >= 0.3 is 0 Å². The van der Waals surface area contributed by atoms with Crippen molar-refractivity contribution in [2.24, 2.45) is 0 Å². The lowest BCUT2D eigenvalue weighted by molar-refractivity contribution is 0.419. The normalized spacial score (nSPS) is 12.2. The van der Waals surface area contributed by atoms with Crippen molar-refractivity contribution >= 4 is 11.5 Å². The summed E-state index contributed by atoms with van der Waals surface area (Å²) in [5.41, 5.74) is 2.51. The van der Waals surface area contributed by atoms with E-state index in [2.05, 4.69) is 30.8 Å². The van der Waals surface area contributed by atoms with Gasteiger partial charge in [-0.05, 0) is 31.2 Å². The van der Waals surface area contributed by atoms with Crippen molar-refractivity contribution in [2.75, 3.05) is 5.32 Å². The Bertz CT molecular complexity index is 1250. The molecular formula is C21H17N7O. The predicted molar refractivity (Wildman–Crippen MR) is 108 cm³/mol. The Morgan fingerprint density at radius 2 is 1.59 bits per heavy atom. The maximum Gasteiger partial charge on any atom is 0.257 e. The Labute approximate surface area is 166 Å². The van der Waals surface area contributed by atoms with Gasteiger partial charge in [-0.25, -0.2) is 0 Å². The van der Waals surface area contributed by atoms with Crippen molar-refractivity contribution in [1.29, 1.82) is 0 Å². The van der Waals surface area contributed by atoms with Crippen LogP contribution in [0.2, 0.25) is 0 Å². The van der Waals surface area contributed by atoms with E-state index in [1.807, 2.05) is 79.7 Å². The van der Waals surface area contributed by atoms with Crippen molar-refractivity contribution in [3.8, 4) is 22.8 Å². The van der Waals surface area contributed by atoms with Gasteiger partial charge in [-0.3, -0.25) is 0 Å². The minimum absolute atomic E-state index is 0.196. The van der Waals surface area contributed by atoms with Crippen LogP contribution in [0, 0.1) is 0 Å². The number of hydrogen-bond acceptors (Lipinski definition) is 7. The van der Waals surface area contributed by atoms with Crippen LogP contribution in [0.25, 0.3) is 28.5 Å². The number of rotatable bonds is 5. The number of nitrogens with zero attached hydrogens (tertiary/aromatic N) is 6. The van der Waals surface area contributed by atoms with Gasteiger partial charge in [0.2, 0.25) is 0 Å². The average Bonchev–Trinajstić information content (AvgIpc) is 3.42. The minimum atomic E-state index is -0.196. The van der Waals surface area contributed by atoms with Crippen LogP contribution in [0.4, 0.5) is 5.82 Å². The van der Waals surface area contributed by atoms with E-state index < -0.39 is 0 Å². The van der Waals surface area contributed by atoms with E-state index in [9.17, 15) is 0 Å². The summed E-state index contributed by atoms with van der Waals surface area (Å²) >= 11 is 0. The van der Waals surface area contributed by atoms with Crippen molar-refractivity contribution < 1.29 is 4.52 Å². The third-order valence-corrected chi connectivity index (χ3v) is 4.51. The van der Waals surface area contributed by atoms with E-state index in [4.69, 9.17) is 4.52 Å². The van der Waals surface area contributed by atoms with Gasteiger partial charge in [-0.2, -0.15) is 9.50 Å². The molecule has 1 N–H and O–H groups in total. The quantitative estimate of drug-likeness (QED) is 0.490. The van der Waals surface area contributed by atoms with Gasteiger partial charge < -0.3 is 9.84 Å². The number of fused-ring (bicyclic) bond motifs is 1. The van der Waals surface area contributed by atoms with Crippen LogP contribution >= 0.6 is 0 Å². The molecule has 0 aliphatic rings. The summed E-state index contributed by atoms with van der Waals surface area (Å²) in [5, 5.41) is 20.5. The predicted octanol–water partition coefficient (Wildman–Crippen LogP) is 4.01. The first-order chi connectivity index (χ1) is 14.3. The summed E-state index contributed by atoms with van der Waals surface area (Å²) in [6.07, 6.45) is 0. The van der Waals surface area contributed by atoms with Gasteiger partial charge in [0, 0.05) is 11.1 Å². The average molecular weight is 383 g/mol. The molecule has 0 aliphatic heterocycles. The monoisotopic (exact) mass is 383 g/mol.